The van der Waals surface area contributed by atoms with Crippen molar-refractivity contribution in [2.45, 2.75) is 19.6 Å². The highest BCUT2D eigenvalue weighted by molar-refractivity contribution is 9.10. The average Bonchev–Trinajstić information content (AvgIpc) is 1.82. The van der Waals surface area contributed by atoms with Crippen LogP contribution in [0.4, 0.5) is 5.69 Å². The lowest BCUT2D eigenvalue weighted by atomic mass is 10.3. The van der Waals surface area contributed by atoms with Crippen LogP contribution < -0.4 is 4.98 Å². The molecule has 66 valence electrons. The largest absolute Gasteiger partial charge is 0.411 e. The summed E-state index contributed by atoms with van der Waals surface area (Å²) >= 11 is 3.45. The molecule has 12 heavy (non-hydrogen) atoms. The highest BCUT2D eigenvalue weighted by Crippen LogP contribution is 2.17. The molecule has 0 amide bonds. The molecule has 0 saturated heterocycles. The van der Waals surface area contributed by atoms with Crippen molar-refractivity contribution >= 4 is 29.9 Å². The average molecular weight is 244 g/mol. The van der Waals surface area contributed by atoms with Gasteiger partial charge in [0.1, 0.15) is 8.24 Å². The monoisotopic (exact) mass is 243 g/mol. The Balaban J connectivity index is 2.77. The van der Waals surface area contributed by atoms with Crippen molar-refractivity contribution < 1.29 is 0 Å². The fourth-order valence-electron chi connectivity index (χ4n) is 0.999. The molecule has 1 aromatic carbocycles. The standard InChI is InChI=1S/C9H14BrNSi/c1-12(2,3)11-9-6-4-5-8(10)7-9/h4-7,11H,1-3H3. The first kappa shape index (κ1) is 9.80. The third-order valence-electron chi connectivity index (χ3n) is 1.34. The fourth-order valence-corrected chi connectivity index (χ4v) is 2.42. The quantitative estimate of drug-likeness (QED) is 0.782. The molecule has 0 bridgehead atoms. The SMILES string of the molecule is C[Si](C)(C)Nc1cccc(Br)c1. The van der Waals surface area contributed by atoms with Gasteiger partial charge >= 0.3 is 0 Å². The molecule has 0 atom stereocenters. The minimum absolute atomic E-state index is 1.13. The zero-order valence-electron chi connectivity index (χ0n) is 7.69. The number of nitrogens with one attached hydrogen (secondary N) is 1. The summed E-state index contributed by atoms with van der Waals surface area (Å²) in [6.07, 6.45) is 0. The van der Waals surface area contributed by atoms with E-state index in [2.05, 4.69) is 52.7 Å². The number of benzene rings is 1. The Kier molecular flexibility index (Phi) is 2.96. The second kappa shape index (κ2) is 3.62. The molecule has 0 aliphatic heterocycles. The maximum atomic E-state index is 3.53. The van der Waals surface area contributed by atoms with Gasteiger partial charge in [0.15, 0.2) is 0 Å². The van der Waals surface area contributed by atoms with Crippen LogP contribution in [0.1, 0.15) is 0 Å². The molecular weight excluding hydrogens is 230 g/mol. The molecule has 0 aromatic heterocycles. The first-order valence-electron chi connectivity index (χ1n) is 4.01. The van der Waals surface area contributed by atoms with Crippen molar-refractivity contribution in [3.63, 3.8) is 0 Å². The van der Waals surface area contributed by atoms with Crippen molar-refractivity contribution in [1.29, 1.82) is 0 Å². The van der Waals surface area contributed by atoms with Gasteiger partial charge in [-0.05, 0) is 18.2 Å². The van der Waals surface area contributed by atoms with E-state index in [0.717, 1.165) is 4.47 Å². The van der Waals surface area contributed by atoms with Gasteiger partial charge in [-0.1, -0.05) is 41.6 Å². The third kappa shape index (κ3) is 3.41. The van der Waals surface area contributed by atoms with E-state index in [9.17, 15) is 0 Å². The van der Waals surface area contributed by atoms with Crippen LogP contribution in [-0.2, 0) is 0 Å². The van der Waals surface area contributed by atoms with Gasteiger partial charge in [0.25, 0.3) is 0 Å². The number of hydrogen-bond acceptors (Lipinski definition) is 1. The third-order valence-corrected chi connectivity index (χ3v) is 2.88. The van der Waals surface area contributed by atoms with Crippen LogP contribution in [0.3, 0.4) is 0 Å². The Morgan fingerprint density at radius 1 is 1.25 bits per heavy atom. The summed E-state index contributed by atoms with van der Waals surface area (Å²) in [5, 5.41) is 0. The zero-order chi connectivity index (χ0) is 9.19. The van der Waals surface area contributed by atoms with Crippen molar-refractivity contribution in [2.75, 3.05) is 4.98 Å². The molecule has 0 heterocycles. The fraction of sp³-hybridized carbons (Fsp3) is 0.333. The van der Waals surface area contributed by atoms with E-state index in [1.165, 1.54) is 5.69 Å². The van der Waals surface area contributed by atoms with Gasteiger partial charge in [0, 0.05) is 10.2 Å². The number of halogens is 1. The van der Waals surface area contributed by atoms with Gasteiger partial charge in [0.2, 0.25) is 0 Å². The molecule has 1 aromatic rings. The Morgan fingerprint density at radius 2 is 1.92 bits per heavy atom. The van der Waals surface area contributed by atoms with Crippen LogP contribution in [0, 0.1) is 0 Å². The summed E-state index contributed by atoms with van der Waals surface area (Å²) in [6, 6.07) is 8.29. The van der Waals surface area contributed by atoms with Gasteiger partial charge in [0.05, 0.1) is 0 Å². The minimum Gasteiger partial charge on any atom is -0.411 e. The van der Waals surface area contributed by atoms with Crippen LogP contribution in [-0.4, -0.2) is 8.24 Å². The molecule has 0 fully saturated rings. The topological polar surface area (TPSA) is 12.0 Å². The molecule has 0 unspecified atom stereocenters. The first-order valence-corrected chi connectivity index (χ1v) is 8.30. The summed E-state index contributed by atoms with van der Waals surface area (Å²) in [5.41, 5.74) is 1.21. The van der Waals surface area contributed by atoms with Crippen LogP contribution in [0.25, 0.3) is 0 Å². The highest BCUT2D eigenvalue weighted by atomic mass is 79.9. The number of hydrogen-bond donors (Lipinski definition) is 1. The first-order chi connectivity index (χ1) is 5.47. The van der Waals surface area contributed by atoms with Crippen molar-refractivity contribution in [3.8, 4) is 0 Å². The van der Waals surface area contributed by atoms with E-state index < -0.39 is 8.24 Å². The van der Waals surface area contributed by atoms with E-state index in [0.29, 0.717) is 0 Å². The predicted octanol–water partition coefficient (Wildman–Crippen LogP) is 3.70. The van der Waals surface area contributed by atoms with E-state index in [4.69, 9.17) is 0 Å². The lowest BCUT2D eigenvalue weighted by Gasteiger charge is -2.19. The summed E-state index contributed by atoms with van der Waals surface area (Å²) in [7, 11) is -1.19. The molecule has 0 spiro atoms. The van der Waals surface area contributed by atoms with Crippen molar-refractivity contribution in [3.05, 3.63) is 28.7 Å². The van der Waals surface area contributed by atoms with E-state index in [1.807, 2.05) is 12.1 Å². The Labute approximate surface area is 83.4 Å². The molecule has 1 N–H and O–H groups in total. The molecular formula is C9H14BrNSi. The molecule has 0 radical (unpaired) electrons. The number of rotatable bonds is 2. The lowest BCUT2D eigenvalue weighted by Crippen LogP contribution is -2.32. The second-order valence-electron chi connectivity index (χ2n) is 3.89. The van der Waals surface area contributed by atoms with Crippen LogP contribution >= 0.6 is 15.9 Å². The van der Waals surface area contributed by atoms with Crippen LogP contribution in [0.5, 0.6) is 0 Å². The molecule has 1 nitrogen and oxygen atoms in total. The molecule has 3 heteroatoms. The maximum Gasteiger partial charge on any atom is 0.144 e. The van der Waals surface area contributed by atoms with Crippen molar-refractivity contribution in [1.82, 2.24) is 0 Å². The molecule has 0 aliphatic carbocycles. The van der Waals surface area contributed by atoms with Gasteiger partial charge in [-0.25, -0.2) is 0 Å². The van der Waals surface area contributed by atoms with E-state index >= 15 is 0 Å². The minimum atomic E-state index is -1.19. The summed E-state index contributed by atoms with van der Waals surface area (Å²) in [4.78, 5) is 3.53. The normalized spacial score (nSPS) is 11.3. The summed E-state index contributed by atoms with van der Waals surface area (Å²) in [6.45, 7) is 6.86. The van der Waals surface area contributed by atoms with Gasteiger partial charge in [-0.2, -0.15) is 0 Å². The Hall–Kier alpha value is -0.283. The second-order valence-corrected chi connectivity index (χ2v) is 9.55. The highest BCUT2D eigenvalue weighted by Gasteiger charge is 2.12. The summed E-state index contributed by atoms with van der Waals surface area (Å²) in [5.74, 6) is 0. The number of anilines is 1. The maximum absolute atomic E-state index is 3.53. The van der Waals surface area contributed by atoms with Crippen LogP contribution in [0.15, 0.2) is 28.7 Å². The van der Waals surface area contributed by atoms with Gasteiger partial charge in [-0.3, -0.25) is 0 Å². The molecule has 0 saturated carbocycles. The molecule has 1 rings (SSSR count). The smallest absolute Gasteiger partial charge is 0.144 e. The van der Waals surface area contributed by atoms with Gasteiger partial charge in [-0.15, -0.1) is 0 Å². The Bertz CT molecular complexity index is 267. The summed E-state index contributed by atoms with van der Waals surface area (Å²) < 4.78 is 1.13. The van der Waals surface area contributed by atoms with E-state index in [-0.39, 0.29) is 0 Å². The van der Waals surface area contributed by atoms with E-state index in [1.54, 1.807) is 0 Å². The zero-order valence-corrected chi connectivity index (χ0v) is 10.3. The van der Waals surface area contributed by atoms with Gasteiger partial charge < -0.3 is 4.98 Å². The van der Waals surface area contributed by atoms with Crippen LogP contribution in [0.2, 0.25) is 19.6 Å². The Morgan fingerprint density at radius 3 is 2.42 bits per heavy atom. The van der Waals surface area contributed by atoms with Crippen molar-refractivity contribution in [2.24, 2.45) is 0 Å². The molecule has 0 aliphatic rings. The lowest BCUT2D eigenvalue weighted by molar-refractivity contribution is 1.55. The predicted molar refractivity (Wildman–Crippen MR) is 61.1 cm³/mol.